The predicted molar refractivity (Wildman–Crippen MR) is 251 cm³/mol. The van der Waals surface area contributed by atoms with E-state index in [2.05, 4.69) is 177 Å². The maximum Gasteiger partial charge on any atom is 0.165 e. The van der Waals surface area contributed by atoms with Gasteiger partial charge in [0, 0.05) is 80.3 Å². The van der Waals surface area contributed by atoms with Gasteiger partial charge in [-0.2, -0.15) is 0 Å². The molecule has 1 aliphatic rings. The molecular formula is C55H37N7. The minimum absolute atomic E-state index is 0.0668. The lowest BCUT2D eigenvalue weighted by molar-refractivity contribution is 0.835. The van der Waals surface area contributed by atoms with E-state index in [1.54, 1.807) is 24.8 Å². The molecule has 5 heterocycles. The number of rotatable bonds is 7. The number of hydrogen-bond acceptors (Lipinski definition) is 5. The van der Waals surface area contributed by atoms with Crippen molar-refractivity contribution in [1.82, 2.24) is 34.1 Å². The summed E-state index contributed by atoms with van der Waals surface area (Å²) in [6.45, 7) is 0. The Bertz CT molecular complexity index is 3420. The normalized spacial score (nSPS) is 14.3. The molecule has 1 unspecified atom stereocenters. The standard InChI is InChI=1S/C55H37N7/c1-3-15-36(16-4-1)45-31-40(55-59-53(38-19-13-29-56-34-38)58-54(60-55)39-20-14-30-57-35-39)32-46(37-17-5-2-6-18-37)52(45)62-50-26-12-9-23-44(50)47-33-41(27-28-51(47)62)61-48-24-10-7-21-42(48)43-22-8-11-25-49(43)61/h1-31,33-35,46H,32H2. The molecule has 1 aliphatic carbocycles. The lowest BCUT2D eigenvalue weighted by Gasteiger charge is -2.31. The van der Waals surface area contributed by atoms with E-state index < -0.39 is 0 Å². The lowest BCUT2D eigenvalue weighted by Crippen LogP contribution is -2.16. The number of hydrogen-bond donors (Lipinski definition) is 0. The molecule has 0 saturated heterocycles. The van der Waals surface area contributed by atoms with Crippen molar-refractivity contribution in [2.45, 2.75) is 12.3 Å². The number of benzene rings is 6. The van der Waals surface area contributed by atoms with E-state index in [1.165, 1.54) is 43.8 Å². The highest BCUT2D eigenvalue weighted by Crippen LogP contribution is 2.49. The van der Waals surface area contributed by atoms with Crippen LogP contribution in [0.4, 0.5) is 0 Å². The molecule has 0 N–H and O–H groups in total. The fourth-order valence-corrected chi connectivity index (χ4v) is 9.38. The maximum atomic E-state index is 5.19. The van der Waals surface area contributed by atoms with Gasteiger partial charge in [0.05, 0.1) is 22.1 Å². The van der Waals surface area contributed by atoms with Gasteiger partial charge in [0.1, 0.15) is 0 Å². The average Bonchev–Trinajstić information content (AvgIpc) is 3.87. The second kappa shape index (κ2) is 14.8. The Balaban J connectivity index is 1.14. The summed E-state index contributed by atoms with van der Waals surface area (Å²) < 4.78 is 4.92. The van der Waals surface area contributed by atoms with Crippen LogP contribution in [0, 0.1) is 0 Å². The van der Waals surface area contributed by atoms with Gasteiger partial charge in [-0.3, -0.25) is 9.97 Å². The fraction of sp³-hybridized carbons (Fsp3) is 0.0364. The second-order valence-corrected chi connectivity index (χ2v) is 15.7. The van der Waals surface area contributed by atoms with E-state index >= 15 is 0 Å². The summed E-state index contributed by atoms with van der Waals surface area (Å²) in [5, 5.41) is 4.89. The molecule has 1 atom stereocenters. The van der Waals surface area contributed by atoms with Crippen LogP contribution in [0.5, 0.6) is 0 Å². The third kappa shape index (κ3) is 5.93. The Morgan fingerprint density at radius 2 is 0.919 bits per heavy atom. The summed E-state index contributed by atoms with van der Waals surface area (Å²) >= 11 is 0. The van der Waals surface area contributed by atoms with Crippen LogP contribution >= 0.6 is 0 Å². The minimum atomic E-state index is -0.0668. The van der Waals surface area contributed by atoms with Gasteiger partial charge in [-0.25, -0.2) is 15.0 Å². The highest BCUT2D eigenvalue weighted by molar-refractivity contribution is 6.14. The zero-order valence-electron chi connectivity index (χ0n) is 33.5. The van der Waals surface area contributed by atoms with E-state index in [4.69, 9.17) is 15.0 Å². The SMILES string of the molecule is C1=C(c2nc(-c3cccnc3)nc(-c3cccnc3)n2)CC(c2ccccc2)C(n2c3ccccc3c3cc(-n4c5ccccc5c5ccccc54)ccc32)=C1c1ccccc1. The quantitative estimate of drug-likeness (QED) is 0.161. The highest BCUT2D eigenvalue weighted by atomic mass is 15.0. The maximum absolute atomic E-state index is 5.19. The van der Waals surface area contributed by atoms with Gasteiger partial charge in [-0.15, -0.1) is 0 Å². The Morgan fingerprint density at radius 3 is 1.52 bits per heavy atom. The van der Waals surface area contributed by atoms with E-state index in [-0.39, 0.29) is 5.92 Å². The van der Waals surface area contributed by atoms with Crippen LogP contribution in [0.25, 0.3) is 88.9 Å². The Kier molecular flexibility index (Phi) is 8.49. The van der Waals surface area contributed by atoms with Crippen molar-refractivity contribution in [2.75, 3.05) is 0 Å². The predicted octanol–water partition coefficient (Wildman–Crippen LogP) is 12.8. The first kappa shape index (κ1) is 35.6. The van der Waals surface area contributed by atoms with Gasteiger partial charge in [-0.1, -0.05) is 115 Å². The molecule has 0 aliphatic heterocycles. The van der Waals surface area contributed by atoms with Gasteiger partial charge in [-0.05, 0) is 89.9 Å². The van der Waals surface area contributed by atoms with Crippen LogP contribution in [0.2, 0.25) is 0 Å². The van der Waals surface area contributed by atoms with Crippen LogP contribution in [0.15, 0.2) is 207 Å². The molecule has 292 valence electrons. The zero-order chi connectivity index (χ0) is 41.0. The first-order chi connectivity index (χ1) is 30.8. The summed E-state index contributed by atoms with van der Waals surface area (Å²) in [7, 11) is 0. The van der Waals surface area contributed by atoms with Crippen molar-refractivity contribution in [1.29, 1.82) is 0 Å². The second-order valence-electron chi connectivity index (χ2n) is 15.7. The molecule has 62 heavy (non-hydrogen) atoms. The molecule has 12 rings (SSSR count). The van der Waals surface area contributed by atoms with E-state index in [0.717, 1.165) is 44.6 Å². The number of aromatic nitrogens is 7. The molecule has 0 saturated carbocycles. The van der Waals surface area contributed by atoms with Crippen LogP contribution in [-0.4, -0.2) is 34.1 Å². The highest BCUT2D eigenvalue weighted by Gasteiger charge is 2.32. The molecule has 6 aromatic carbocycles. The smallest absolute Gasteiger partial charge is 0.165 e. The number of nitrogens with zero attached hydrogens (tertiary/aromatic N) is 7. The van der Waals surface area contributed by atoms with E-state index in [0.29, 0.717) is 23.9 Å². The molecule has 11 aromatic rings. The molecule has 0 amide bonds. The number of fused-ring (bicyclic) bond motifs is 6. The summed E-state index contributed by atoms with van der Waals surface area (Å²) in [4.78, 5) is 24.2. The zero-order valence-corrected chi connectivity index (χ0v) is 33.5. The molecule has 0 fully saturated rings. The summed E-state index contributed by atoms with van der Waals surface area (Å²) in [6.07, 6.45) is 10.1. The molecule has 7 heteroatoms. The molecule has 0 spiro atoms. The van der Waals surface area contributed by atoms with Crippen LogP contribution in [-0.2, 0) is 0 Å². The van der Waals surface area contributed by atoms with Crippen molar-refractivity contribution in [3.63, 3.8) is 0 Å². The average molecular weight is 796 g/mol. The van der Waals surface area contributed by atoms with Crippen molar-refractivity contribution in [2.24, 2.45) is 0 Å². The van der Waals surface area contributed by atoms with Gasteiger partial charge in [0.2, 0.25) is 0 Å². The van der Waals surface area contributed by atoms with Crippen LogP contribution in [0.3, 0.4) is 0 Å². The number of pyridine rings is 2. The Labute approximate surface area is 357 Å². The molecular weight excluding hydrogens is 759 g/mol. The number of para-hydroxylation sites is 3. The summed E-state index contributed by atoms with van der Waals surface area (Å²) in [6, 6.07) is 62.6. The topological polar surface area (TPSA) is 74.3 Å². The minimum Gasteiger partial charge on any atom is -0.312 e. The molecule has 7 nitrogen and oxygen atoms in total. The van der Waals surface area contributed by atoms with Crippen molar-refractivity contribution >= 4 is 60.5 Å². The summed E-state index contributed by atoms with van der Waals surface area (Å²) in [5.74, 6) is 1.69. The van der Waals surface area contributed by atoms with Crippen molar-refractivity contribution < 1.29 is 0 Å². The monoisotopic (exact) mass is 795 g/mol. The van der Waals surface area contributed by atoms with E-state index in [1.807, 2.05) is 24.3 Å². The van der Waals surface area contributed by atoms with Gasteiger partial charge < -0.3 is 9.13 Å². The fourth-order valence-electron chi connectivity index (χ4n) is 9.38. The first-order valence-electron chi connectivity index (χ1n) is 20.9. The first-order valence-corrected chi connectivity index (χ1v) is 20.9. The molecule has 0 radical (unpaired) electrons. The number of allylic oxidation sites excluding steroid dienone is 4. The lowest BCUT2D eigenvalue weighted by atomic mass is 9.80. The molecule has 5 aromatic heterocycles. The summed E-state index contributed by atoms with van der Waals surface area (Å²) in [5.41, 5.74) is 13.1. The third-order valence-corrected chi connectivity index (χ3v) is 12.1. The van der Waals surface area contributed by atoms with Crippen molar-refractivity contribution in [3.8, 4) is 28.5 Å². The largest absolute Gasteiger partial charge is 0.312 e. The van der Waals surface area contributed by atoms with Crippen molar-refractivity contribution in [3.05, 3.63) is 224 Å². The van der Waals surface area contributed by atoms with Gasteiger partial charge >= 0.3 is 0 Å². The van der Waals surface area contributed by atoms with Gasteiger partial charge in [0.25, 0.3) is 0 Å². The Hall–Kier alpha value is -8.29. The van der Waals surface area contributed by atoms with Crippen LogP contribution in [0.1, 0.15) is 29.3 Å². The van der Waals surface area contributed by atoms with Gasteiger partial charge in [0.15, 0.2) is 17.5 Å². The third-order valence-electron chi connectivity index (χ3n) is 12.1. The van der Waals surface area contributed by atoms with E-state index in [9.17, 15) is 0 Å². The Morgan fingerprint density at radius 1 is 0.419 bits per heavy atom. The van der Waals surface area contributed by atoms with Crippen LogP contribution < -0.4 is 0 Å². The molecule has 0 bridgehead atoms.